The van der Waals surface area contributed by atoms with E-state index in [0.717, 1.165) is 42.6 Å². The Bertz CT molecular complexity index is 4050. The Morgan fingerprint density at radius 1 is 0.478 bits per heavy atom. The standard InChI is InChI=1S/C24H26ClFN4O3.C24H28FN5O3.C19H20FN5O/c1-24(2,3)33-23(32)28-12-9-18(10-13-28)29-15-20(16-8-11-27-21(25)14-16)30(22(29)31)19-6-4-17(26)5-7-19;1-24(2,3)33-23(32)28-12-9-18(10-13-28)29-15-20(16-8-11-27-21(26)14-16)30(22(29)31)19-6-4-17(25)5-7-19;20-14-1-3-16(4-2-14)25-17(13-5-10-23-18(21)11-13)12-24(19(25)26)15-6-8-22-9-7-15/h4-8,11,14-15,18H,9-10,12-13H2,1-3H3;4-8,11,14-15,18H,9-10,12-13H2,1-3H3,(H2,26,27);1-5,10-12,15,22H,6-9H2,(H2,21,23). The summed E-state index contributed by atoms with van der Waals surface area (Å²) in [6.45, 7) is 14.7. The normalized spacial score (nSPS) is 15.1. The quantitative estimate of drug-likeness (QED) is 0.114. The van der Waals surface area contributed by atoms with Gasteiger partial charge >= 0.3 is 29.3 Å². The third kappa shape index (κ3) is 15.5. The summed E-state index contributed by atoms with van der Waals surface area (Å²) in [7, 11) is 0. The first-order valence-electron chi connectivity index (χ1n) is 30.4. The number of aromatic nitrogens is 9. The molecule has 3 aromatic carbocycles. The predicted octanol–water partition coefficient (Wildman–Crippen LogP) is 11.4. The zero-order valence-electron chi connectivity index (χ0n) is 52.0. The third-order valence-electron chi connectivity index (χ3n) is 15.9. The van der Waals surface area contributed by atoms with Crippen molar-refractivity contribution in [1.82, 2.24) is 57.5 Å². The van der Waals surface area contributed by atoms with Crippen LogP contribution in [0.3, 0.4) is 0 Å². The Hall–Kier alpha value is -9.68. The molecule has 12 rings (SSSR count). The molecule has 92 heavy (non-hydrogen) atoms. The van der Waals surface area contributed by atoms with Crippen molar-refractivity contribution in [2.75, 3.05) is 50.7 Å². The Morgan fingerprint density at radius 2 is 0.783 bits per heavy atom. The first kappa shape index (κ1) is 65.3. The van der Waals surface area contributed by atoms with E-state index in [0.29, 0.717) is 103 Å². The largest absolute Gasteiger partial charge is 0.444 e. The molecule has 482 valence electrons. The molecule has 5 N–H and O–H groups in total. The molecule has 3 aliphatic heterocycles. The summed E-state index contributed by atoms with van der Waals surface area (Å²) in [4.78, 5) is 80.4. The number of hydrogen-bond acceptors (Lipinski definition) is 13. The molecule has 0 unspecified atom stereocenters. The molecule has 0 bridgehead atoms. The van der Waals surface area contributed by atoms with Crippen molar-refractivity contribution >= 4 is 35.4 Å². The molecule has 9 aromatic rings. The first-order chi connectivity index (χ1) is 43.9. The number of anilines is 2. The number of carbonyl (C=O) groups excluding carboxylic acids is 2. The summed E-state index contributed by atoms with van der Waals surface area (Å²) < 4.78 is 61.2. The van der Waals surface area contributed by atoms with Crippen LogP contribution in [0.5, 0.6) is 0 Å². The molecule has 3 saturated heterocycles. The number of nitrogen functional groups attached to an aromatic ring is 2. The Balaban J connectivity index is 0.000000152. The van der Waals surface area contributed by atoms with Crippen molar-refractivity contribution < 1.29 is 32.2 Å². The van der Waals surface area contributed by atoms with Gasteiger partial charge in [-0.05, 0) is 202 Å². The van der Waals surface area contributed by atoms with Gasteiger partial charge in [-0.2, -0.15) is 0 Å². The zero-order valence-corrected chi connectivity index (χ0v) is 52.8. The molecule has 25 heteroatoms. The number of piperidine rings is 3. The number of rotatable bonds is 9. The number of imidazole rings is 3. The average Bonchev–Trinajstić information content (AvgIpc) is 1.65. The van der Waals surface area contributed by atoms with Gasteiger partial charge in [-0.15, -0.1) is 0 Å². The van der Waals surface area contributed by atoms with Gasteiger partial charge in [0.2, 0.25) is 0 Å². The fourth-order valence-electron chi connectivity index (χ4n) is 11.5. The molecule has 21 nitrogen and oxygen atoms in total. The van der Waals surface area contributed by atoms with Crippen LogP contribution < -0.4 is 33.9 Å². The van der Waals surface area contributed by atoms with Gasteiger partial charge < -0.3 is 36.1 Å². The third-order valence-corrected chi connectivity index (χ3v) is 16.1. The van der Waals surface area contributed by atoms with Crippen LogP contribution in [0.4, 0.5) is 34.4 Å². The zero-order chi connectivity index (χ0) is 65.6. The molecular weight excluding hydrogens is 1210 g/mol. The number of pyridine rings is 3. The minimum atomic E-state index is -0.558. The van der Waals surface area contributed by atoms with Crippen LogP contribution >= 0.6 is 11.6 Å². The number of hydrogen-bond donors (Lipinski definition) is 3. The number of benzene rings is 3. The lowest BCUT2D eigenvalue weighted by molar-refractivity contribution is 0.0177. The van der Waals surface area contributed by atoms with Crippen molar-refractivity contribution in [3.05, 3.63) is 200 Å². The number of amides is 2. The number of likely N-dealkylation sites (tertiary alicyclic amines) is 2. The van der Waals surface area contributed by atoms with Gasteiger partial charge in [0.15, 0.2) is 0 Å². The van der Waals surface area contributed by atoms with Gasteiger partial charge in [0.1, 0.15) is 45.4 Å². The molecule has 3 fully saturated rings. The summed E-state index contributed by atoms with van der Waals surface area (Å²) in [5.41, 5.74) is 15.9. The van der Waals surface area contributed by atoms with Crippen molar-refractivity contribution in [3.63, 3.8) is 0 Å². The van der Waals surface area contributed by atoms with E-state index >= 15 is 0 Å². The number of halogens is 4. The molecular formula is C67H74ClF3N14O7. The van der Waals surface area contributed by atoms with Crippen LogP contribution in [0.25, 0.3) is 50.8 Å². The molecule has 2 amide bonds. The van der Waals surface area contributed by atoms with Gasteiger partial charge in [-0.25, -0.2) is 52.1 Å². The second kappa shape index (κ2) is 27.8. The average molecular weight is 1280 g/mol. The molecule has 0 spiro atoms. The van der Waals surface area contributed by atoms with E-state index in [1.807, 2.05) is 53.8 Å². The molecule has 0 saturated carbocycles. The maximum Gasteiger partial charge on any atom is 0.410 e. The molecule has 9 heterocycles. The van der Waals surface area contributed by atoms with Crippen molar-refractivity contribution in [1.29, 1.82) is 0 Å². The van der Waals surface area contributed by atoms with Crippen molar-refractivity contribution in [3.8, 4) is 50.8 Å². The monoisotopic (exact) mass is 1280 g/mol. The van der Waals surface area contributed by atoms with E-state index in [-0.39, 0.29) is 64.8 Å². The minimum absolute atomic E-state index is 0.0872. The van der Waals surface area contributed by atoms with Crippen LogP contribution in [0.15, 0.2) is 161 Å². The van der Waals surface area contributed by atoms with Gasteiger partial charge in [-0.1, -0.05) is 11.6 Å². The molecule has 6 aromatic heterocycles. The summed E-state index contributed by atoms with van der Waals surface area (Å²) in [5, 5.41) is 3.62. The lowest BCUT2D eigenvalue weighted by Gasteiger charge is -2.33. The number of ether oxygens (including phenoxy) is 2. The summed E-state index contributed by atoms with van der Waals surface area (Å²) in [5.74, 6) is -0.377. The van der Waals surface area contributed by atoms with Crippen LogP contribution in [0.1, 0.15) is 98.2 Å². The highest BCUT2D eigenvalue weighted by Crippen LogP contribution is 2.32. The molecule has 0 radical (unpaired) electrons. The van der Waals surface area contributed by atoms with Crippen LogP contribution in [0, 0.1) is 17.5 Å². The molecule has 0 atom stereocenters. The molecule has 3 aliphatic rings. The Morgan fingerprint density at radius 3 is 1.09 bits per heavy atom. The summed E-state index contributed by atoms with van der Waals surface area (Å²) >= 11 is 6.10. The molecule has 0 aliphatic carbocycles. The van der Waals surface area contributed by atoms with Gasteiger partial charge in [0.05, 0.1) is 34.1 Å². The number of nitrogens with one attached hydrogen (secondary N) is 1. The number of nitrogens with zero attached hydrogens (tertiary/aromatic N) is 11. The van der Waals surface area contributed by atoms with E-state index < -0.39 is 11.2 Å². The summed E-state index contributed by atoms with van der Waals surface area (Å²) in [6, 6.07) is 27.9. The van der Waals surface area contributed by atoms with Gasteiger partial charge in [0.25, 0.3) is 0 Å². The maximum absolute atomic E-state index is 13.5. The minimum Gasteiger partial charge on any atom is -0.444 e. The van der Waals surface area contributed by atoms with Crippen molar-refractivity contribution in [2.24, 2.45) is 0 Å². The van der Waals surface area contributed by atoms with E-state index in [1.165, 1.54) is 36.4 Å². The smallest absolute Gasteiger partial charge is 0.410 e. The topological polar surface area (TPSA) is 243 Å². The van der Waals surface area contributed by atoms with Crippen LogP contribution in [0.2, 0.25) is 5.15 Å². The van der Waals surface area contributed by atoms with E-state index in [1.54, 1.807) is 135 Å². The lowest BCUT2D eigenvalue weighted by Crippen LogP contribution is -2.43. The second-order valence-corrected chi connectivity index (χ2v) is 25.1. The van der Waals surface area contributed by atoms with Gasteiger partial charge in [-0.3, -0.25) is 27.4 Å². The number of nitrogens with two attached hydrogens (primary N) is 2. The highest BCUT2D eigenvalue weighted by molar-refractivity contribution is 6.29. The first-order valence-corrected chi connectivity index (χ1v) is 30.8. The van der Waals surface area contributed by atoms with E-state index in [9.17, 15) is 37.1 Å². The van der Waals surface area contributed by atoms with Crippen LogP contribution in [-0.2, 0) is 9.47 Å². The highest BCUT2D eigenvalue weighted by Gasteiger charge is 2.32. The van der Waals surface area contributed by atoms with Gasteiger partial charge in [0, 0.05) is 98.2 Å². The van der Waals surface area contributed by atoms with E-state index in [4.69, 9.17) is 32.5 Å². The predicted molar refractivity (Wildman–Crippen MR) is 347 cm³/mol. The highest BCUT2D eigenvalue weighted by atomic mass is 35.5. The maximum atomic E-state index is 13.5. The fraction of sp³-hybridized carbons (Fsp3) is 0.343. The van der Waals surface area contributed by atoms with Crippen LogP contribution in [-0.4, -0.2) is 115 Å². The van der Waals surface area contributed by atoms with Crippen molar-refractivity contribution in [2.45, 2.75) is 109 Å². The SMILES string of the molecule is CC(C)(C)OC(=O)N1CCC(n2cc(-c3ccnc(Cl)c3)n(-c3ccc(F)cc3)c2=O)CC1.CC(C)(C)OC(=O)N1CCC(n2cc(-c3ccnc(N)c3)n(-c3ccc(F)cc3)c2=O)CC1.Nc1cc(-c2cn(C3CCNCC3)c(=O)n2-c2ccc(F)cc2)ccn1. The summed E-state index contributed by atoms with van der Waals surface area (Å²) in [6.07, 6.45) is 13.8. The second-order valence-electron chi connectivity index (χ2n) is 24.7. The number of carbonyl (C=O) groups is 2. The lowest BCUT2D eigenvalue weighted by atomic mass is 10.1. The van der Waals surface area contributed by atoms with E-state index in [2.05, 4.69) is 20.3 Å². The Kier molecular flexibility index (Phi) is 19.7. The fourth-order valence-corrected chi connectivity index (χ4v) is 11.6. The Labute approximate surface area is 534 Å².